The van der Waals surface area contributed by atoms with Crippen LogP contribution < -0.4 is 0 Å². The van der Waals surface area contributed by atoms with Crippen LogP contribution in [0.3, 0.4) is 0 Å². The van der Waals surface area contributed by atoms with E-state index in [0.29, 0.717) is 0 Å². The van der Waals surface area contributed by atoms with E-state index in [2.05, 4.69) is 13.2 Å². The predicted octanol–water partition coefficient (Wildman–Crippen LogP) is 6.26. The van der Waals surface area contributed by atoms with Gasteiger partial charge in [-0.1, -0.05) is 70.4 Å². The fourth-order valence-corrected chi connectivity index (χ4v) is 4.60. The summed E-state index contributed by atoms with van der Waals surface area (Å²) in [5.74, 6) is 2.04. The maximum atomic E-state index is 11.1. The van der Waals surface area contributed by atoms with E-state index in [4.69, 9.17) is 0 Å². The van der Waals surface area contributed by atoms with Crippen LogP contribution >= 0.6 is 0 Å². The van der Waals surface area contributed by atoms with Crippen molar-refractivity contribution in [3.8, 4) is 0 Å². The molecule has 1 atom stereocenters. The Morgan fingerprint density at radius 2 is 1.46 bits per heavy atom. The summed E-state index contributed by atoms with van der Waals surface area (Å²) >= 11 is 0. The summed E-state index contributed by atoms with van der Waals surface area (Å²) in [6.07, 6.45) is 15.8. The van der Waals surface area contributed by atoms with Crippen LogP contribution in [-0.2, 0) is 16.6 Å². The van der Waals surface area contributed by atoms with E-state index in [1.54, 1.807) is 12.1 Å². The largest absolute Gasteiger partial charge is 0.277 e. The minimum atomic E-state index is -0.257. The molecular weight excluding hydrogens is 318 g/mol. The molecule has 0 bridgehead atoms. The van der Waals surface area contributed by atoms with Crippen molar-refractivity contribution in [2.75, 3.05) is 12.0 Å². The molecule has 0 aliphatic rings. The Kier molecular flexibility index (Phi) is 11.6. The second kappa shape index (κ2) is 13.3. The van der Waals surface area contributed by atoms with Gasteiger partial charge in [0.1, 0.15) is 11.5 Å². The topological polar surface area (TPSA) is 43.1 Å². The minimum absolute atomic E-state index is 0.235. The molecule has 1 aromatic rings. The van der Waals surface area contributed by atoms with Crippen molar-refractivity contribution in [1.29, 1.82) is 0 Å². The standard InChI is InChI=1S/C20H34NO2S/c1-3-4-5-6-7-8-9-10-11-14-17-24(2)18-19-15-12-13-16-20(19)21(22)23/h12-13,15-16H,3-11,14,17-18H2,1-2H3/q+1. The lowest BCUT2D eigenvalue weighted by Gasteiger charge is -2.05. The molecule has 0 heterocycles. The van der Waals surface area contributed by atoms with Gasteiger partial charge in [-0.3, -0.25) is 10.1 Å². The highest BCUT2D eigenvalue weighted by Crippen LogP contribution is 2.21. The first-order valence-corrected chi connectivity index (χ1v) is 11.4. The van der Waals surface area contributed by atoms with E-state index < -0.39 is 0 Å². The minimum Gasteiger partial charge on any atom is -0.258 e. The van der Waals surface area contributed by atoms with E-state index >= 15 is 0 Å². The van der Waals surface area contributed by atoms with Crippen LogP contribution in [0.25, 0.3) is 0 Å². The summed E-state index contributed by atoms with van der Waals surface area (Å²) in [7, 11) is 0.235. The lowest BCUT2D eigenvalue weighted by Crippen LogP contribution is -2.09. The van der Waals surface area contributed by atoms with Crippen molar-refractivity contribution in [2.24, 2.45) is 0 Å². The molecule has 3 nitrogen and oxygen atoms in total. The van der Waals surface area contributed by atoms with Crippen molar-refractivity contribution in [1.82, 2.24) is 0 Å². The first kappa shape index (κ1) is 21.0. The van der Waals surface area contributed by atoms with Crippen molar-refractivity contribution in [2.45, 2.75) is 76.9 Å². The Labute approximate surface area is 150 Å². The highest BCUT2D eigenvalue weighted by Gasteiger charge is 2.19. The van der Waals surface area contributed by atoms with Crippen LogP contribution in [0.5, 0.6) is 0 Å². The van der Waals surface area contributed by atoms with Crippen LogP contribution in [0.15, 0.2) is 24.3 Å². The number of unbranched alkanes of at least 4 members (excludes halogenated alkanes) is 9. The van der Waals surface area contributed by atoms with Crippen LogP contribution in [0.4, 0.5) is 5.69 Å². The number of nitrogens with zero attached hydrogens (tertiary/aromatic N) is 1. The first-order valence-electron chi connectivity index (χ1n) is 9.46. The Morgan fingerprint density at radius 1 is 0.917 bits per heavy atom. The number of para-hydroxylation sites is 1. The van der Waals surface area contributed by atoms with Gasteiger partial charge in [0.05, 0.1) is 16.7 Å². The molecule has 4 heteroatoms. The smallest absolute Gasteiger partial charge is 0.258 e. The van der Waals surface area contributed by atoms with Gasteiger partial charge in [0.15, 0.2) is 0 Å². The van der Waals surface area contributed by atoms with Crippen molar-refractivity contribution >= 4 is 16.6 Å². The molecule has 0 fully saturated rings. The average molecular weight is 353 g/mol. The summed E-state index contributed by atoms with van der Waals surface area (Å²) < 4.78 is 0. The highest BCUT2D eigenvalue weighted by molar-refractivity contribution is 7.95. The molecular formula is C20H34NO2S+. The first-order chi connectivity index (χ1) is 11.6. The molecule has 0 amide bonds. The Morgan fingerprint density at radius 3 is 2.04 bits per heavy atom. The van der Waals surface area contributed by atoms with Gasteiger partial charge in [0, 0.05) is 6.07 Å². The number of hydrogen-bond donors (Lipinski definition) is 0. The molecule has 1 rings (SSSR count). The fraction of sp³-hybridized carbons (Fsp3) is 0.700. The lowest BCUT2D eigenvalue weighted by atomic mass is 10.1. The summed E-state index contributed by atoms with van der Waals surface area (Å²) in [5.41, 5.74) is 1.17. The Bertz CT molecular complexity index is 465. The molecule has 0 aliphatic carbocycles. The SMILES string of the molecule is CCCCCCCCCCCC[S+](C)Cc1ccccc1[N+](=O)[O-]. The Balaban J connectivity index is 2.08. The number of nitro groups is 1. The van der Waals surface area contributed by atoms with Gasteiger partial charge >= 0.3 is 0 Å². The van der Waals surface area contributed by atoms with Gasteiger partial charge in [-0.05, 0) is 29.8 Å². The molecule has 1 aromatic carbocycles. The zero-order chi connectivity index (χ0) is 17.6. The normalized spacial score (nSPS) is 12.2. The van der Waals surface area contributed by atoms with Gasteiger partial charge in [-0.25, -0.2) is 0 Å². The molecule has 0 N–H and O–H groups in total. The number of rotatable bonds is 14. The fourth-order valence-electron chi connectivity index (χ4n) is 2.98. The molecule has 0 aromatic heterocycles. The van der Waals surface area contributed by atoms with E-state index in [-0.39, 0.29) is 21.5 Å². The summed E-state index contributed by atoms with van der Waals surface area (Å²) in [5, 5.41) is 11.1. The summed E-state index contributed by atoms with van der Waals surface area (Å²) in [6.45, 7) is 2.26. The van der Waals surface area contributed by atoms with Crippen molar-refractivity contribution in [3.63, 3.8) is 0 Å². The second-order valence-electron chi connectivity index (χ2n) is 6.70. The predicted molar refractivity (Wildman–Crippen MR) is 107 cm³/mol. The molecule has 0 spiro atoms. The van der Waals surface area contributed by atoms with Gasteiger partial charge in [-0.2, -0.15) is 0 Å². The molecule has 136 valence electrons. The third kappa shape index (κ3) is 9.31. The average Bonchev–Trinajstić information content (AvgIpc) is 2.57. The van der Waals surface area contributed by atoms with Gasteiger partial charge in [0.25, 0.3) is 5.69 Å². The molecule has 24 heavy (non-hydrogen) atoms. The van der Waals surface area contributed by atoms with E-state index in [1.807, 2.05) is 12.1 Å². The molecule has 0 saturated heterocycles. The zero-order valence-corrected chi connectivity index (χ0v) is 16.3. The zero-order valence-electron chi connectivity index (χ0n) is 15.5. The van der Waals surface area contributed by atoms with Gasteiger partial charge in [-0.15, -0.1) is 0 Å². The van der Waals surface area contributed by atoms with Crippen molar-refractivity contribution in [3.05, 3.63) is 39.9 Å². The third-order valence-electron chi connectivity index (χ3n) is 4.44. The number of hydrogen-bond acceptors (Lipinski definition) is 2. The summed E-state index contributed by atoms with van der Waals surface area (Å²) in [4.78, 5) is 10.8. The molecule has 1 unspecified atom stereocenters. The third-order valence-corrected chi connectivity index (χ3v) is 6.23. The van der Waals surface area contributed by atoms with E-state index in [0.717, 1.165) is 11.3 Å². The quantitative estimate of drug-likeness (QED) is 0.171. The number of nitro benzene ring substituents is 1. The summed E-state index contributed by atoms with van der Waals surface area (Å²) in [6, 6.07) is 7.17. The maximum Gasteiger partial charge on any atom is 0.277 e. The Hall–Kier alpha value is -1.03. The maximum absolute atomic E-state index is 11.1. The van der Waals surface area contributed by atoms with Crippen molar-refractivity contribution < 1.29 is 4.92 Å². The van der Waals surface area contributed by atoms with Crippen LogP contribution in [-0.4, -0.2) is 16.9 Å². The van der Waals surface area contributed by atoms with Gasteiger partial charge < -0.3 is 0 Å². The monoisotopic (exact) mass is 352 g/mol. The lowest BCUT2D eigenvalue weighted by molar-refractivity contribution is -0.385. The van der Waals surface area contributed by atoms with E-state index in [1.165, 1.54) is 70.0 Å². The highest BCUT2D eigenvalue weighted by atomic mass is 32.2. The number of benzene rings is 1. The molecule has 0 radical (unpaired) electrons. The van der Waals surface area contributed by atoms with Crippen LogP contribution in [0.2, 0.25) is 0 Å². The molecule has 0 aliphatic heterocycles. The van der Waals surface area contributed by atoms with E-state index in [9.17, 15) is 10.1 Å². The second-order valence-corrected chi connectivity index (χ2v) is 8.96. The molecule has 0 saturated carbocycles. The van der Waals surface area contributed by atoms with Gasteiger partial charge in [0.2, 0.25) is 0 Å². The van der Waals surface area contributed by atoms with Crippen LogP contribution in [0.1, 0.15) is 76.7 Å². The van der Waals surface area contributed by atoms with Crippen LogP contribution in [0, 0.1) is 10.1 Å².